The van der Waals surface area contributed by atoms with Crippen molar-refractivity contribution >= 4 is 54.8 Å². The Bertz CT molecular complexity index is 644. The van der Waals surface area contributed by atoms with Crippen LogP contribution in [0.1, 0.15) is 11.1 Å². The molecule has 0 fully saturated rings. The van der Waals surface area contributed by atoms with Crippen molar-refractivity contribution in [3.8, 4) is 0 Å². The van der Waals surface area contributed by atoms with E-state index < -0.39 is 0 Å². The summed E-state index contributed by atoms with van der Waals surface area (Å²) in [6, 6.07) is 14.1. The van der Waals surface area contributed by atoms with Gasteiger partial charge in [-0.3, -0.25) is 0 Å². The Hall–Kier alpha value is -0.910. The molecule has 2 aromatic rings. The monoisotopic (exact) mass is 412 g/mol. The van der Waals surface area contributed by atoms with E-state index in [0.29, 0.717) is 4.99 Å². The first-order valence-corrected chi connectivity index (χ1v) is 8.02. The summed E-state index contributed by atoms with van der Waals surface area (Å²) in [4.78, 5) is 2.55. The Morgan fingerprint density at radius 1 is 1.20 bits per heavy atom. The van der Waals surface area contributed by atoms with Gasteiger partial charge in [-0.1, -0.05) is 62.3 Å². The maximum Gasteiger partial charge on any atom is 0.106 e. The fourth-order valence-electron chi connectivity index (χ4n) is 2.00. The standard InChI is InChI=1S/C15H14Br2N2S/c1-19(9-10-4-2-3-5-13(10)17)14-8-11(16)6-7-12(14)15(18)20/h2-8H,9H2,1H3,(H2,18,20). The van der Waals surface area contributed by atoms with E-state index >= 15 is 0 Å². The van der Waals surface area contributed by atoms with Crippen molar-refractivity contribution in [3.05, 3.63) is 62.5 Å². The zero-order valence-corrected chi connectivity index (χ0v) is 14.9. The van der Waals surface area contributed by atoms with Crippen molar-refractivity contribution in [1.29, 1.82) is 0 Å². The SMILES string of the molecule is CN(Cc1ccccc1Br)c1cc(Br)ccc1C(N)=S. The van der Waals surface area contributed by atoms with Crippen LogP contribution in [-0.4, -0.2) is 12.0 Å². The minimum absolute atomic E-state index is 0.409. The molecule has 0 amide bonds. The highest BCUT2D eigenvalue weighted by Gasteiger charge is 2.11. The minimum atomic E-state index is 0.409. The van der Waals surface area contributed by atoms with Crippen LogP contribution in [-0.2, 0) is 6.54 Å². The van der Waals surface area contributed by atoms with Gasteiger partial charge in [-0.25, -0.2) is 0 Å². The third-order valence-corrected chi connectivity index (χ3v) is 4.49. The van der Waals surface area contributed by atoms with Gasteiger partial charge in [-0.05, 0) is 29.8 Å². The molecular weight excluding hydrogens is 400 g/mol. The van der Waals surface area contributed by atoms with E-state index in [1.165, 1.54) is 5.56 Å². The lowest BCUT2D eigenvalue weighted by molar-refractivity contribution is 0.916. The maximum atomic E-state index is 5.81. The number of nitrogens with two attached hydrogens (primary N) is 1. The van der Waals surface area contributed by atoms with Crippen LogP contribution in [0.4, 0.5) is 5.69 Å². The van der Waals surface area contributed by atoms with Crippen molar-refractivity contribution < 1.29 is 0 Å². The summed E-state index contributed by atoms with van der Waals surface area (Å²) in [6.07, 6.45) is 0. The first-order valence-electron chi connectivity index (χ1n) is 6.03. The zero-order valence-electron chi connectivity index (χ0n) is 10.9. The molecule has 0 aromatic heterocycles. The van der Waals surface area contributed by atoms with Gasteiger partial charge in [0.2, 0.25) is 0 Å². The molecule has 2 rings (SSSR count). The first kappa shape index (κ1) is 15.5. The third-order valence-electron chi connectivity index (χ3n) is 3.00. The van der Waals surface area contributed by atoms with Crippen LogP contribution in [0.15, 0.2) is 51.4 Å². The highest BCUT2D eigenvalue weighted by molar-refractivity contribution is 9.10. The van der Waals surface area contributed by atoms with Crippen molar-refractivity contribution in [2.24, 2.45) is 5.73 Å². The van der Waals surface area contributed by atoms with Crippen molar-refractivity contribution in [2.75, 3.05) is 11.9 Å². The van der Waals surface area contributed by atoms with E-state index in [2.05, 4.69) is 42.8 Å². The van der Waals surface area contributed by atoms with Crippen LogP contribution >= 0.6 is 44.1 Å². The Labute approximate surface area is 141 Å². The van der Waals surface area contributed by atoms with Crippen molar-refractivity contribution in [3.63, 3.8) is 0 Å². The van der Waals surface area contributed by atoms with E-state index in [-0.39, 0.29) is 0 Å². The molecule has 0 aliphatic heterocycles. The van der Waals surface area contributed by atoms with Gasteiger partial charge in [0.25, 0.3) is 0 Å². The van der Waals surface area contributed by atoms with E-state index in [1.54, 1.807) is 0 Å². The van der Waals surface area contributed by atoms with Crippen LogP contribution < -0.4 is 10.6 Å². The van der Waals surface area contributed by atoms with E-state index in [9.17, 15) is 0 Å². The van der Waals surface area contributed by atoms with Crippen molar-refractivity contribution in [2.45, 2.75) is 6.54 Å². The van der Waals surface area contributed by atoms with Crippen LogP contribution in [0.5, 0.6) is 0 Å². The smallest absolute Gasteiger partial charge is 0.106 e. The number of anilines is 1. The molecule has 2 aromatic carbocycles. The molecule has 2 N–H and O–H groups in total. The molecule has 20 heavy (non-hydrogen) atoms. The Balaban J connectivity index is 2.34. The normalized spacial score (nSPS) is 10.3. The third kappa shape index (κ3) is 3.59. The molecule has 0 saturated heterocycles. The van der Waals surface area contributed by atoms with E-state index in [4.69, 9.17) is 18.0 Å². The second-order valence-electron chi connectivity index (χ2n) is 4.47. The molecule has 0 bridgehead atoms. The molecule has 104 valence electrons. The Kier molecular flexibility index (Phi) is 5.18. The highest BCUT2D eigenvalue weighted by atomic mass is 79.9. The van der Waals surface area contributed by atoms with Crippen LogP contribution in [0, 0.1) is 0 Å². The number of hydrogen-bond donors (Lipinski definition) is 1. The zero-order chi connectivity index (χ0) is 14.7. The van der Waals surface area contributed by atoms with Gasteiger partial charge < -0.3 is 10.6 Å². The molecule has 0 aliphatic carbocycles. The molecule has 0 radical (unpaired) electrons. The van der Waals surface area contributed by atoms with Crippen LogP contribution in [0.25, 0.3) is 0 Å². The number of nitrogens with zero attached hydrogens (tertiary/aromatic N) is 1. The van der Waals surface area contributed by atoms with Crippen LogP contribution in [0.2, 0.25) is 0 Å². The summed E-state index contributed by atoms with van der Waals surface area (Å²) in [5.74, 6) is 0. The molecular formula is C15H14Br2N2S. The summed E-state index contributed by atoms with van der Waals surface area (Å²) in [7, 11) is 2.03. The van der Waals surface area contributed by atoms with Gasteiger partial charge in [0, 0.05) is 33.8 Å². The lowest BCUT2D eigenvalue weighted by Gasteiger charge is -2.23. The minimum Gasteiger partial charge on any atom is -0.389 e. The average Bonchev–Trinajstić information content (AvgIpc) is 2.40. The lowest BCUT2D eigenvalue weighted by atomic mass is 10.1. The van der Waals surface area contributed by atoms with Gasteiger partial charge in [0.15, 0.2) is 0 Å². The molecule has 0 spiro atoms. The molecule has 5 heteroatoms. The lowest BCUT2D eigenvalue weighted by Crippen LogP contribution is -2.21. The molecule has 0 saturated carbocycles. The van der Waals surface area contributed by atoms with E-state index in [1.807, 2.05) is 43.4 Å². The fourth-order valence-corrected chi connectivity index (χ4v) is 2.93. The van der Waals surface area contributed by atoms with E-state index in [0.717, 1.165) is 26.7 Å². The summed E-state index contributed by atoms with van der Waals surface area (Å²) in [5, 5.41) is 0. The molecule has 0 heterocycles. The molecule has 0 atom stereocenters. The Morgan fingerprint density at radius 2 is 1.90 bits per heavy atom. The molecule has 2 nitrogen and oxygen atoms in total. The summed E-state index contributed by atoms with van der Waals surface area (Å²) >= 11 is 12.2. The Morgan fingerprint density at radius 3 is 2.55 bits per heavy atom. The fraction of sp³-hybridized carbons (Fsp3) is 0.133. The number of rotatable bonds is 4. The van der Waals surface area contributed by atoms with Gasteiger partial charge in [-0.15, -0.1) is 0 Å². The second-order valence-corrected chi connectivity index (χ2v) is 6.68. The number of hydrogen-bond acceptors (Lipinski definition) is 2. The summed E-state index contributed by atoms with van der Waals surface area (Å²) in [6.45, 7) is 0.771. The van der Waals surface area contributed by atoms with Gasteiger partial charge in [0.05, 0.1) is 0 Å². The van der Waals surface area contributed by atoms with Crippen molar-refractivity contribution in [1.82, 2.24) is 0 Å². The van der Waals surface area contributed by atoms with Gasteiger partial charge in [0.1, 0.15) is 4.99 Å². The second kappa shape index (κ2) is 6.70. The van der Waals surface area contributed by atoms with Gasteiger partial charge >= 0.3 is 0 Å². The molecule has 0 aliphatic rings. The number of benzene rings is 2. The largest absolute Gasteiger partial charge is 0.389 e. The maximum absolute atomic E-state index is 5.81. The number of thiocarbonyl (C=S) groups is 1. The predicted molar refractivity (Wildman–Crippen MR) is 96.3 cm³/mol. The van der Waals surface area contributed by atoms with Crippen LogP contribution in [0.3, 0.4) is 0 Å². The molecule has 0 unspecified atom stereocenters. The quantitative estimate of drug-likeness (QED) is 0.749. The highest BCUT2D eigenvalue weighted by Crippen LogP contribution is 2.27. The number of halogens is 2. The summed E-state index contributed by atoms with van der Waals surface area (Å²) < 4.78 is 2.10. The topological polar surface area (TPSA) is 29.3 Å². The first-order chi connectivity index (χ1) is 9.49. The summed E-state index contributed by atoms with van der Waals surface area (Å²) in [5.41, 5.74) is 8.92. The van der Waals surface area contributed by atoms with Gasteiger partial charge in [-0.2, -0.15) is 0 Å². The predicted octanol–water partition coefficient (Wildman–Crippen LogP) is 4.48. The average molecular weight is 414 g/mol.